The van der Waals surface area contributed by atoms with Crippen molar-refractivity contribution >= 4 is 18.2 Å². The Morgan fingerprint density at radius 1 is 1.32 bits per heavy atom. The van der Waals surface area contributed by atoms with E-state index in [4.69, 9.17) is 0 Å². The second-order valence-electron chi connectivity index (χ2n) is 6.76. The first-order chi connectivity index (χ1) is 10.6. The molecule has 22 heavy (non-hydrogen) atoms. The second kappa shape index (κ2) is 8.30. The van der Waals surface area contributed by atoms with Crippen LogP contribution in [-0.4, -0.2) is 35.7 Å². The summed E-state index contributed by atoms with van der Waals surface area (Å²) in [6.07, 6.45) is 10.2. The van der Waals surface area contributed by atoms with Crippen LogP contribution in [-0.2, 0) is 14.4 Å². The first-order valence-corrected chi connectivity index (χ1v) is 8.68. The smallest absolute Gasteiger partial charge is 0.249 e. The Labute approximate surface area is 132 Å². The van der Waals surface area contributed by atoms with Gasteiger partial charge >= 0.3 is 0 Å². The molecule has 0 radical (unpaired) electrons. The maximum atomic E-state index is 11.8. The van der Waals surface area contributed by atoms with Crippen molar-refractivity contribution in [2.24, 2.45) is 11.8 Å². The van der Waals surface area contributed by atoms with E-state index in [1.54, 1.807) is 4.90 Å². The minimum Gasteiger partial charge on any atom is -0.333 e. The van der Waals surface area contributed by atoms with Gasteiger partial charge in [-0.15, -0.1) is 0 Å². The molecular formula is C17H28N2O3. The predicted molar refractivity (Wildman–Crippen MR) is 83.9 cm³/mol. The van der Waals surface area contributed by atoms with E-state index >= 15 is 0 Å². The number of amides is 3. The summed E-state index contributed by atoms with van der Waals surface area (Å²) in [6.45, 7) is 2.85. The molecule has 0 bridgehead atoms. The van der Waals surface area contributed by atoms with Crippen LogP contribution in [0.2, 0.25) is 0 Å². The number of hydrogen-bond donors (Lipinski definition) is 1. The predicted octanol–water partition coefficient (Wildman–Crippen LogP) is 2.25. The van der Waals surface area contributed by atoms with Gasteiger partial charge in [-0.3, -0.25) is 19.7 Å². The van der Waals surface area contributed by atoms with Crippen molar-refractivity contribution in [2.75, 3.05) is 6.54 Å². The molecule has 3 amide bonds. The molecule has 0 spiro atoms. The minimum atomic E-state index is -0.470. The van der Waals surface area contributed by atoms with Gasteiger partial charge in [-0.25, -0.2) is 0 Å². The van der Waals surface area contributed by atoms with Gasteiger partial charge in [0.05, 0.1) is 0 Å². The van der Waals surface area contributed by atoms with E-state index in [1.165, 1.54) is 32.1 Å². The van der Waals surface area contributed by atoms with Gasteiger partial charge in [-0.05, 0) is 37.5 Å². The minimum absolute atomic E-state index is 0.237. The molecule has 1 aliphatic heterocycles. The van der Waals surface area contributed by atoms with Crippen molar-refractivity contribution in [3.8, 4) is 0 Å². The van der Waals surface area contributed by atoms with Gasteiger partial charge < -0.3 is 4.90 Å². The summed E-state index contributed by atoms with van der Waals surface area (Å²) in [4.78, 5) is 35.8. The monoisotopic (exact) mass is 308 g/mol. The third kappa shape index (κ3) is 4.55. The molecular weight excluding hydrogens is 280 g/mol. The van der Waals surface area contributed by atoms with Crippen LogP contribution in [0, 0.1) is 11.8 Å². The summed E-state index contributed by atoms with van der Waals surface area (Å²) < 4.78 is 0. The Kier molecular flexibility index (Phi) is 6.40. The zero-order valence-corrected chi connectivity index (χ0v) is 13.6. The fraction of sp³-hybridized carbons (Fsp3) is 0.824. The van der Waals surface area contributed by atoms with Crippen LogP contribution in [0.5, 0.6) is 0 Å². The molecule has 1 N–H and O–H groups in total. The topological polar surface area (TPSA) is 66.5 Å². The largest absolute Gasteiger partial charge is 0.333 e. The van der Waals surface area contributed by atoms with E-state index in [2.05, 4.69) is 12.2 Å². The van der Waals surface area contributed by atoms with Crippen molar-refractivity contribution in [1.29, 1.82) is 0 Å². The third-order valence-electron chi connectivity index (χ3n) is 5.24. The van der Waals surface area contributed by atoms with Crippen LogP contribution in [0.15, 0.2) is 0 Å². The van der Waals surface area contributed by atoms with Crippen LogP contribution >= 0.6 is 0 Å². The lowest BCUT2D eigenvalue weighted by Crippen LogP contribution is -2.52. The van der Waals surface area contributed by atoms with E-state index in [0.717, 1.165) is 31.1 Å². The molecule has 0 aromatic carbocycles. The van der Waals surface area contributed by atoms with Crippen LogP contribution in [0.3, 0.4) is 0 Å². The summed E-state index contributed by atoms with van der Waals surface area (Å²) in [6, 6.07) is -0.470. The molecule has 5 heteroatoms. The number of rotatable bonds is 9. The van der Waals surface area contributed by atoms with Crippen LogP contribution in [0.25, 0.3) is 0 Å². The van der Waals surface area contributed by atoms with Crippen molar-refractivity contribution < 1.29 is 14.4 Å². The number of carbonyl (C=O) groups is 3. The average molecular weight is 308 g/mol. The normalized spacial score (nSPS) is 23.6. The fourth-order valence-corrected chi connectivity index (χ4v) is 3.53. The van der Waals surface area contributed by atoms with Crippen molar-refractivity contribution in [3.63, 3.8) is 0 Å². The molecule has 1 aliphatic carbocycles. The van der Waals surface area contributed by atoms with Gasteiger partial charge in [0.1, 0.15) is 6.04 Å². The Hall–Kier alpha value is -1.39. The molecule has 124 valence electrons. The van der Waals surface area contributed by atoms with E-state index < -0.39 is 6.04 Å². The molecule has 1 saturated carbocycles. The fourth-order valence-electron chi connectivity index (χ4n) is 3.53. The molecule has 5 nitrogen and oxygen atoms in total. The van der Waals surface area contributed by atoms with Crippen molar-refractivity contribution in [2.45, 2.75) is 70.8 Å². The Balaban J connectivity index is 1.74. The van der Waals surface area contributed by atoms with E-state index in [0.29, 0.717) is 19.4 Å². The van der Waals surface area contributed by atoms with Gasteiger partial charge in [-0.1, -0.05) is 32.6 Å². The van der Waals surface area contributed by atoms with Crippen molar-refractivity contribution in [3.05, 3.63) is 0 Å². The number of hydrogen-bond acceptors (Lipinski definition) is 3. The lowest BCUT2D eigenvalue weighted by Gasteiger charge is -2.31. The lowest BCUT2D eigenvalue weighted by atomic mass is 9.77. The SMILES string of the molecule is CCC(CCCN(C=O)C1CCC(=O)NC1=O)CC1CCC1. The Bertz CT molecular complexity index is 407. The summed E-state index contributed by atoms with van der Waals surface area (Å²) in [5.74, 6) is 1.09. The molecule has 2 atom stereocenters. The van der Waals surface area contributed by atoms with Crippen molar-refractivity contribution in [1.82, 2.24) is 10.2 Å². The molecule has 2 rings (SSSR count). The van der Waals surface area contributed by atoms with Crippen LogP contribution in [0.1, 0.15) is 64.7 Å². The number of nitrogens with one attached hydrogen (secondary N) is 1. The van der Waals surface area contributed by atoms with E-state index in [-0.39, 0.29) is 11.8 Å². The zero-order valence-electron chi connectivity index (χ0n) is 13.6. The highest BCUT2D eigenvalue weighted by atomic mass is 16.2. The molecule has 1 saturated heterocycles. The summed E-state index contributed by atoms with van der Waals surface area (Å²) in [7, 11) is 0. The Morgan fingerprint density at radius 3 is 2.64 bits per heavy atom. The standard InChI is InChI=1S/C17H28N2O3/c1-2-13(11-14-5-3-6-14)7-4-10-19(12-20)15-8-9-16(21)18-17(15)22/h12-15H,2-11H2,1H3,(H,18,21,22). The Morgan fingerprint density at radius 2 is 2.09 bits per heavy atom. The van der Waals surface area contributed by atoms with E-state index in [9.17, 15) is 14.4 Å². The second-order valence-corrected chi connectivity index (χ2v) is 6.76. The summed E-state index contributed by atoms with van der Waals surface area (Å²) in [5, 5.41) is 2.32. The molecule has 2 unspecified atom stereocenters. The first-order valence-electron chi connectivity index (χ1n) is 8.68. The number of carbonyl (C=O) groups excluding carboxylic acids is 3. The van der Waals surface area contributed by atoms with Gasteiger partial charge in [0.15, 0.2) is 0 Å². The summed E-state index contributed by atoms with van der Waals surface area (Å²) >= 11 is 0. The third-order valence-corrected chi connectivity index (χ3v) is 5.24. The molecule has 0 aromatic rings. The average Bonchev–Trinajstić information content (AvgIpc) is 2.46. The zero-order chi connectivity index (χ0) is 15.9. The van der Waals surface area contributed by atoms with Gasteiger partial charge in [0.25, 0.3) is 0 Å². The highest BCUT2D eigenvalue weighted by molar-refractivity contribution is 6.00. The molecule has 0 aromatic heterocycles. The number of imide groups is 1. The number of nitrogens with zero attached hydrogens (tertiary/aromatic N) is 1. The van der Waals surface area contributed by atoms with Crippen LogP contribution in [0.4, 0.5) is 0 Å². The maximum Gasteiger partial charge on any atom is 0.249 e. The van der Waals surface area contributed by atoms with E-state index in [1.807, 2.05) is 0 Å². The van der Waals surface area contributed by atoms with Gasteiger partial charge in [0, 0.05) is 13.0 Å². The first kappa shape index (κ1) is 17.0. The van der Waals surface area contributed by atoms with Gasteiger partial charge in [-0.2, -0.15) is 0 Å². The molecule has 1 heterocycles. The molecule has 2 fully saturated rings. The molecule has 2 aliphatic rings. The van der Waals surface area contributed by atoms with Crippen LogP contribution < -0.4 is 5.32 Å². The van der Waals surface area contributed by atoms with Gasteiger partial charge in [0.2, 0.25) is 18.2 Å². The summed E-state index contributed by atoms with van der Waals surface area (Å²) in [5.41, 5.74) is 0. The maximum absolute atomic E-state index is 11.8. The number of piperidine rings is 1. The highest BCUT2D eigenvalue weighted by Gasteiger charge is 2.31. The lowest BCUT2D eigenvalue weighted by molar-refractivity contribution is -0.141. The highest BCUT2D eigenvalue weighted by Crippen LogP contribution is 2.34. The quantitative estimate of drug-likeness (QED) is 0.525.